The molecule has 0 spiro atoms. The highest BCUT2D eigenvalue weighted by Crippen LogP contribution is 2.29. The second-order valence-corrected chi connectivity index (χ2v) is 9.63. The van der Waals surface area contributed by atoms with Gasteiger partial charge < -0.3 is 15.0 Å². The lowest BCUT2D eigenvalue weighted by molar-refractivity contribution is -0.119. The smallest absolute Gasteiger partial charge is 0.232 e. The van der Waals surface area contributed by atoms with Crippen molar-refractivity contribution in [2.75, 3.05) is 37.0 Å². The van der Waals surface area contributed by atoms with Gasteiger partial charge in [-0.3, -0.25) is 9.36 Å². The van der Waals surface area contributed by atoms with E-state index in [1.54, 1.807) is 0 Å². The van der Waals surface area contributed by atoms with E-state index >= 15 is 0 Å². The van der Waals surface area contributed by atoms with E-state index in [0.29, 0.717) is 18.4 Å². The summed E-state index contributed by atoms with van der Waals surface area (Å²) < 4.78 is 7.58. The van der Waals surface area contributed by atoms with Gasteiger partial charge in [0.1, 0.15) is 0 Å². The second-order valence-electron chi connectivity index (χ2n) is 8.69. The molecule has 0 bridgehead atoms. The van der Waals surface area contributed by atoms with Crippen LogP contribution in [-0.2, 0) is 9.53 Å². The third-order valence-corrected chi connectivity index (χ3v) is 7.18. The fourth-order valence-corrected chi connectivity index (χ4v) is 5.07. The SMILES string of the molecule is Cc1ccccc1-n1c(SCC(=O)NC(C)c2ccc3ccccc3c2)nnc1N1CCOCC1. The average molecular weight is 488 g/mol. The van der Waals surface area contributed by atoms with Crippen molar-refractivity contribution >= 4 is 34.4 Å². The average Bonchev–Trinajstić information content (AvgIpc) is 3.31. The Balaban J connectivity index is 1.31. The van der Waals surface area contributed by atoms with Crippen molar-refractivity contribution in [3.63, 3.8) is 0 Å². The Morgan fingerprint density at radius 3 is 2.57 bits per heavy atom. The molecule has 5 rings (SSSR count). The van der Waals surface area contributed by atoms with Crippen LogP contribution in [0.5, 0.6) is 0 Å². The van der Waals surface area contributed by atoms with Crippen molar-refractivity contribution < 1.29 is 9.53 Å². The number of anilines is 1. The molecule has 3 aromatic carbocycles. The summed E-state index contributed by atoms with van der Waals surface area (Å²) in [4.78, 5) is 15.1. The number of ether oxygens (including phenoxy) is 1. The summed E-state index contributed by atoms with van der Waals surface area (Å²) in [6, 6.07) is 22.6. The zero-order valence-corrected chi connectivity index (χ0v) is 20.8. The minimum atomic E-state index is -0.0918. The molecule has 1 aromatic heterocycles. The van der Waals surface area contributed by atoms with E-state index in [1.807, 2.05) is 31.2 Å². The maximum Gasteiger partial charge on any atom is 0.232 e. The number of carbonyl (C=O) groups excluding carboxylic acids is 1. The van der Waals surface area contributed by atoms with Crippen LogP contribution < -0.4 is 10.2 Å². The minimum Gasteiger partial charge on any atom is -0.378 e. The van der Waals surface area contributed by atoms with Crippen LogP contribution in [0.3, 0.4) is 0 Å². The van der Waals surface area contributed by atoms with Crippen molar-refractivity contribution in [1.82, 2.24) is 20.1 Å². The third-order valence-electron chi connectivity index (χ3n) is 6.25. The Kier molecular flexibility index (Phi) is 7.01. The normalized spacial score (nSPS) is 14.7. The minimum absolute atomic E-state index is 0.0390. The molecule has 1 saturated heterocycles. The molecule has 180 valence electrons. The van der Waals surface area contributed by atoms with Gasteiger partial charge in [0.05, 0.1) is 30.7 Å². The predicted octanol–water partition coefficient (Wildman–Crippen LogP) is 4.54. The van der Waals surface area contributed by atoms with Crippen molar-refractivity contribution in [1.29, 1.82) is 0 Å². The van der Waals surface area contributed by atoms with E-state index in [4.69, 9.17) is 4.74 Å². The quantitative estimate of drug-likeness (QED) is 0.386. The number of nitrogens with one attached hydrogen (secondary N) is 1. The number of hydrogen-bond donors (Lipinski definition) is 1. The van der Waals surface area contributed by atoms with Crippen LogP contribution in [0.4, 0.5) is 5.95 Å². The summed E-state index contributed by atoms with van der Waals surface area (Å²) >= 11 is 1.40. The second kappa shape index (κ2) is 10.5. The molecule has 1 N–H and O–H groups in total. The molecule has 0 aliphatic carbocycles. The van der Waals surface area contributed by atoms with Crippen molar-refractivity contribution in [3.8, 4) is 5.69 Å². The molecule has 1 atom stereocenters. The van der Waals surface area contributed by atoms with Gasteiger partial charge in [-0.05, 0) is 47.9 Å². The number of aromatic nitrogens is 3. The number of amides is 1. The number of morpholine rings is 1. The molecule has 8 heteroatoms. The number of aryl methyl sites for hydroxylation is 1. The summed E-state index contributed by atoms with van der Waals surface area (Å²) in [6.07, 6.45) is 0. The Labute approximate surface area is 209 Å². The fourth-order valence-electron chi connectivity index (χ4n) is 4.32. The number of rotatable bonds is 7. The van der Waals surface area contributed by atoms with Crippen molar-refractivity contribution in [2.24, 2.45) is 0 Å². The number of benzene rings is 3. The van der Waals surface area contributed by atoms with Gasteiger partial charge in [0, 0.05) is 13.1 Å². The first-order valence-corrected chi connectivity index (χ1v) is 12.8. The van der Waals surface area contributed by atoms with Gasteiger partial charge in [-0.15, -0.1) is 10.2 Å². The van der Waals surface area contributed by atoms with Crippen LogP contribution in [0, 0.1) is 6.92 Å². The highest BCUT2D eigenvalue weighted by atomic mass is 32.2. The lowest BCUT2D eigenvalue weighted by Crippen LogP contribution is -2.38. The molecule has 1 aliphatic rings. The maximum atomic E-state index is 12.9. The molecular weight excluding hydrogens is 458 g/mol. The van der Waals surface area contributed by atoms with Crippen LogP contribution in [0.15, 0.2) is 71.9 Å². The first-order valence-electron chi connectivity index (χ1n) is 11.8. The van der Waals surface area contributed by atoms with Gasteiger partial charge in [0.15, 0.2) is 5.16 Å². The highest BCUT2D eigenvalue weighted by Gasteiger charge is 2.23. The number of para-hydroxylation sites is 1. The Bertz CT molecular complexity index is 1330. The van der Waals surface area contributed by atoms with E-state index in [0.717, 1.165) is 35.9 Å². The van der Waals surface area contributed by atoms with Crippen LogP contribution in [-0.4, -0.2) is 52.7 Å². The molecule has 0 saturated carbocycles. The van der Waals surface area contributed by atoms with E-state index in [2.05, 4.69) is 74.4 Å². The first-order chi connectivity index (χ1) is 17.1. The summed E-state index contributed by atoms with van der Waals surface area (Å²) in [5.74, 6) is 1.00. The molecule has 0 radical (unpaired) electrons. The predicted molar refractivity (Wildman–Crippen MR) is 140 cm³/mol. The topological polar surface area (TPSA) is 72.3 Å². The number of carbonyl (C=O) groups is 1. The lowest BCUT2D eigenvalue weighted by atomic mass is 10.0. The summed E-state index contributed by atoms with van der Waals surface area (Å²) in [6.45, 7) is 6.94. The molecule has 4 aromatic rings. The first kappa shape index (κ1) is 23.4. The molecule has 1 unspecified atom stereocenters. The Morgan fingerprint density at radius 2 is 1.77 bits per heavy atom. The van der Waals surface area contributed by atoms with Crippen LogP contribution >= 0.6 is 11.8 Å². The van der Waals surface area contributed by atoms with Crippen molar-refractivity contribution in [2.45, 2.75) is 25.0 Å². The van der Waals surface area contributed by atoms with E-state index in [1.165, 1.54) is 22.5 Å². The highest BCUT2D eigenvalue weighted by molar-refractivity contribution is 7.99. The van der Waals surface area contributed by atoms with Gasteiger partial charge in [0.25, 0.3) is 0 Å². The third kappa shape index (κ3) is 5.18. The fraction of sp³-hybridized carbons (Fsp3) is 0.296. The van der Waals surface area contributed by atoms with Gasteiger partial charge in [-0.25, -0.2) is 0 Å². The zero-order chi connectivity index (χ0) is 24.2. The number of thioether (sulfide) groups is 1. The van der Waals surface area contributed by atoms with E-state index < -0.39 is 0 Å². The van der Waals surface area contributed by atoms with E-state index in [9.17, 15) is 4.79 Å². The van der Waals surface area contributed by atoms with Crippen LogP contribution in [0.25, 0.3) is 16.5 Å². The summed E-state index contributed by atoms with van der Waals surface area (Å²) in [5.41, 5.74) is 3.23. The van der Waals surface area contributed by atoms with Crippen LogP contribution in [0.2, 0.25) is 0 Å². The number of nitrogens with zero attached hydrogens (tertiary/aromatic N) is 4. The van der Waals surface area contributed by atoms with Gasteiger partial charge in [-0.1, -0.05) is 66.4 Å². The monoisotopic (exact) mass is 487 g/mol. The number of fused-ring (bicyclic) bond motifs is 1. The standard InChI is InChI=1S/C27H29N5O2S/c1-19-7-3-6-10-24(19)32-26(31-13-15-34-16-14-31)29-30-27(32)35-18-25(33)28-20(2)22-12-11-21-8-4-5-9-23(21)17-22/h3-12,17,20H,13-16,18H2,1-2H3,(H,28,33). The Morgan fingerprint density at radius 1 is 1.03 bits per heavy atom. The van der Waals surface area contributed by atoms with E-state index in [-0.39, 0.29) is 17.7 Å². The molecule has 1 amide bonds. The van der Waals surface area contributed by atoms with Gasteiger partial charge in [-0.2, -0.15) is 0 Å². The van der Waals surface area contributed by atoms with Gasteiger partial charge in [0.2, 0.25) is 11.9 Å². The number of hydrogen-bond acceptors (Lipinski definition) is 6. The summed E-state index contributed by atoms with van der Waals surface area (Å²) in [7, 11) is 0. The molecule has 35 heavy (non-hydrogen) atoms. The van der Waals surface area contributed by atoms with Gasteiger partial charge >= 0.3 is 0 Å². The molecule has 1 aliphatic heterocycles. The Hall–Kier alpha value is -3.36. The summed E-state index contributed by atoms with van der Waals surface area (Å²) in [5, 5.41) is 15.2. The molecular formula is C27H29N5O2S. The molecule has 2 heterocycles. The largest absolute Gasteiger partial charge is 0.378 e. The molecule has 7 nitrogen and oxygen atoms in total. The maximum absolute atomic E-state index is 12.9. The van der Waals surface area contributed by atoms with Crippen LogP contribution in [0.1, 0.15) is 24.1 Å². The van der Waals surface area contributed by atoms with Crippen molar-refractivity contribution in [3.05, 3.63) is 77.9 Å². The zero-order valence-electron chi connectivity index (χ0n) is 20.0. The molecule has 1 fully saturated rings. The lowest BCUT2D eigenvalue weighted by Gasteiger charge is -2.28.